The molecule has 0 aliphatic carbocycles. The number of halogens is 2. The molecule has 0 radical (unpaired) electrons. The van der Waals surface area contributed by atoms with Crippen LogP contribution in [0.15, 0.2) is 46.9 Å². The van der Waals surface area contributed by atoms with E-state index in [4.69, 9.17) is 21.1 Å². The Labute approximate surface area is 164 Å². The van der Waals surface area contributed by atoms with E-state index in [1.165, 1.54) is 5.56 Å². The Bertz CT molecular complexity index is 768. The topological polar surface area (TPSA) is 76.7 Å². The van der Waals surface area contributed by atoms with Crippen molar-refractivity contribution in [3.63, 3.8) is 0 Å². The van der Waals surface area contributed by atoms with E-state index in [-0.39, 0.29) is 13.2 Å². The molecule has 0 fully saturated rings. The quantitative estimate of drug-likeness (QED) is 0.647. The molecule has 0 saturated carbocycles. The van der Waals surface area contributed by atoms with Crippen molar-refractivity contribution in [2.45, 2.75) is 13.3 Å². The summed E-state index contributed by atoms with van der Waals surface area (Å²) < 4.78 is 11.4. The zero-order valence-corrected chi connectivity index (χ0v) is 16.4. The highest BCUT2D eigenvalue weighted by Gasteiger charge is 2.08. The van der Waals surface area contributed by atoms with E-state index >= 15 is 0 Å². The smallest absolute Gasteiger partial charge is 0.276 e. The maximum atomic E-state index is 11.7. The van der Waals surface area contributed by atoms with Crippen LogP contribution in [0.4, 0.5) is 0 Å². The molecule has 0 atom stereocenters. The zero-order chi connectivity index (χ0) is 18.9. The molecule has 2 aromatic carbocycles. The first kappa shape index (κ1) is 20.1. The lowest BCUT2D eigenvalue weighted by Crippen LogP contribution is -2.45. The second-order valence-corrected chi connectivity index (χ2v) is 6.57. The van der Waals surface area contributed by atoms with E-state index in [0.717, 1.165) is 10.9 Å². The van der Waals surface area contributed by atoms with E-state index in [0.29, 0.717) is 16.5 Å². The third-order valence-electron chi connectivity index (χ3n) is 3.30. The van der Waals surface area contributed by atoms with Crippen molar-refractivity contribution in [3.8, 4) is 11.5 Å². The molecule has 0 unspecified atom stereocenters. The highest BCUT2D eigenvalue weighted by molar-refractivity contribution is 9.10. The molecule has 6 nitrogen and oxygen atoms in total. The van der Waals surface area contributed by atoms with Gasteiger partial charge in [0.15, 0.2) is 13.2 Å². The first-order chi connectivity index (χ1) is 12.5. The van der Waals surface area contributed by atoms with Gasteiger partial charge in [0, 0.05) is 4.47 Å². The molecule has 0 aromatic heterocycles. The third-order valence-corrected chi connectivity index (χ3v) is 4.08. The van der Waals surface area contributed by atoms with Crippen LogP contribution in [-0.2, 0) is 16.0 Å². The molecule has 0 bridgehead atoms. The normalized spacial score (nSPS) is 10.1. The number of hydrazine groups is 1. The van der Waals surface area contributed by atoms with E-state index in [2.05, 4.69) is 33.7 Å². The van der Waals surface area contributed by atoms with E-state index in [1.54, 1.807) is 30.3 Å². The summed E-state index contributed by atoms with van der Waals surface area (Å²) in [7, 11) is 0. The molecular formula is C18H18BrClN2O4. The van der Waals surface area contributed by atoms with E-state index in [1.807, 2.05) is 12.1 Å². The number of amides is 2. The standard InChI is InChI=1S/C18H18BrClN2O4/c1-2-12-3-6-14(7-4-12)25-10-17(23)21-22-18(24)11-26-16-8-5-13(19)9-15(16)20/h3-9H,2,10-11H2,1H3,(H,21,23)(H,22,24). The molecule has 0 spiro atoms. The molecular weight excluding hydrogens is 424 g/mol. The lowest BCUT2D eigenvalue weighted by atomic mass is 10.2. The van der Waals surface area contributed by atoms with Crippen LogP contribution in [0, 0.1) is 0 Å². The predicted molar refractivity (Wildman–Crippen MR) is 102 cm³/mol. The number of rotatable bonds is 7. The van der Waals surface area contributed by atoms with Gasteiger partial charge in [-0.1, -0.05) is 46.6 Å². The SMILES string of the molecule is CCc1ccc(OCC(=O)NNC(=O)COc2ccc(Br)cc2Cl)cc1. The lowest BCUT2D eigenvalue weighted by molar-refractivity contribution is -0.131. The Balaban J connectivity index is 1.68. The van der Waals surface area contributed by atoms with Gasteiger partial charge >= 0.3 is 0 Å². The van der Waals surface area contributed by atoms with Crippen LogP contribution < -0.4 is 20.3 Å². The van der Waals surface area contributed by atoms with Crippen molar-refractivity contribution < 1.29 is 19.1 Å². The largest absolute Gasteiger partial charge is 0.484 e. The van der Waals surface area contributed by atoms with E-state index in [9.17, 15) is 9.59 Å². The number of hydrogen-bond acceptors (Lipinski definition) is 4. The average Bonchev–Trinajstić information content (AvgIpc) is 2.64. The minimum Gasteiger partial charge on any atom is -0.484 e. The Kier molecular flexibility index (Phi) is 7.74. The number of ether oxygens (including phenoxy) is 2. The number of aryl methyl sites for hydroxylation is 1. The summed E-state index contributed by atoms with van der Waals surface area (Å²) in [5.74, 6) is -0.0590. The number of hydrogen-bond donors (Lipinski definition) is 2. The minimum absolute atomic E-state index is 0.217. The second kappa shape index (κ2) is 10.0. The van der Waals surface area contributed by atoms with Crippen molar-refractivity contribution in [2.24, 2.45) is 0 Å². The van der Waals surface area contributed by atoms with Gasteiger partial charge in [-0.15, -0.1) is 0 Å². The van der Waals surface area contributed by atoms with Gasteiger partial charge in [-0.25, -0.2) is 0 Å². The number of carbonyl (C=O) groups excluding carboxylic acids is 2. The van der Waals surface area contributed by atoms with Gasteiger partial charge in [0.2, 0.25) is 0 Å². The van der Waals surface area contributed by atoms with Crippen molar-refractivity contribution in [3.05, 3.63) is 57.5 Å². The Morgan fingerprint density at radius 2 is 1.62 bits per heavy atom. The van der Waals surface area contributed by atoms with Gasteiger partial charge < -0.3 is 9.47 Å². The molecule has 2 N–H and O–H groups in total. The van der Waals surface area contributed by atoms with Gasteiger partial charge in [0.1, 0.15) is 11.5 Å². The summed E-state index contributed by atoms with van der Waals surface area (Å²) in [6, 6.07) is 12.5. The van der Waals surface area contributed by atoms with E-state index < -0.39 is 11.8 Å². The summed E-state index contributed by atoms with van der Waals surface area (Å²) in [5.41, 5.74) is 5.67. The van der Waals surface area contributed by atoms with Gasteiger partial charge in [-0.2, -0.15) is 0 Å². The lowest BCUT2D eigenvalue weighted by Gasteiger charge is -2.10. The molecule has 2 aromatic rings. The summed E-state index contributed by atoms with van der Waals surface area (Å²) in [5, 5.41) is 0.374. The predicted octanol–water partition coefficient (Wildman–Crippen LogP) is 3.27. The van der Waals surface area contributed by atoms with Crippen molar-refractivity contribution >= 4 is 39.3 Å². The molecule has 2 amide bonds. The van der Waals surface area contributed by atoms with Crippen LogP contribution >= 0.6 is 27.5 Å². The van der Waals surface area contributed by atoms with Crippen LogP contribution in [-0.4, -0.2) is 25.0 Å². The van der Waals surface area contributed by atoms with Crippen molar-refractivity contribution in [1.29, 1.82) is 0 Å². The van der Waals surface area contributed by atoms with Gasteiger partial charge in [0.25, 0.3) is 11.8 Å². The molecule has 0 aliphatic heterocycles. The first-order valence-corrected chi connectivity index (χ1v) is 9.02. The maximum Gasteiger partial charge on any atom is 0.276 e. The third kappa shape index (κ3) is 6.57. The van der Waals surface area contributed by atoms with Crippen LogP contribution in [0.25, 0.3) is 0 Å². The second-order valence-electron chi connectivity index (χ2n) is 5.25. The van der Waals surface area contributed by atoms with Crippen LogP contribution in [0.2, 0.25) is 5.02 Å². The number of carbonyl (C=O) groups is 2. The molecule has 0 saturated heterocycles. The van der Waals surface area contributed by atoms with Crippen LogP contribution in [0.3, 0.4) is 0 Å². The first-order valence-electron chi connectivity index (χ1n) is 7.85. The Morgan fingerprint density at radius 1 is 1.00 bits per heavy atom. The van der Waals surface area contributed by atoms with Crippen molar-refractivity contribution in [1.82, 2.24) is 10.9 Å². The van der Waals surface area contributed by atoms with Gasteiger partial charge in [0.05, 0.1) is 5.02 Å². The molecule has 0 heterocycles. The fourth-order valence-electron chi connectivity index (χ4n) is 1.92. The molecule has 8 heteroatoms. The molecule has 138 valence electrons. The monoisotopic (exact) mass is 440 g/mol. The molecule has 0 aliphatic rings. The van der Waals surface area contributed by atoms with Crippen LogP contribution in [0.1, 0.15) is 12.5 Å². The van der Waals surface area contributed by atoms with Gasteiger partial charge in [-0.3, -0.25) is 20.4 Å². The number of nitrogens with one attached hydrogen (secondary N) is 2. The number of benzene rings is 2. The summed E-state index contributed by atoms with van der Waals surface area (Å²) in [6.07, 6.45) is 0.931. The van der Waals surface area contributed by atoms with Gasteiger partial charge in [-0.05, 0) is 42.3 Å². The Morgan fingerprint density at radius 3 is 2.19 bits per heavy atom. The zero-order valence-electron chi connectivity index (χ0n) is 14.1. The summed E-state index contributed by atoms with van der Waals surface area (Å²) in [6.45, 7) is 1.55. The fourth-order valence-corrected chi connectivity index (χ4v) is 2.65. The molecule has 26 heavy (non-hydrogen) atoms. The fraction of sp³-hybridized carbons (Fsp3) is 0.222. The Hall–Kier alpha value is -2.25. The average molecular weight is 442 g/mol. The maximum absolute atomic E-state index is 11.7. The minimum atomic E-state index is -0.523. The summed E-state index contributed by atoms with van der Waals surface area (Å²) >= 11 is 9.26. The summed E-state index contributed by atoms with van der Waals surface area (Å²) in [4.78, 5) is 23.4. The molecule has 2 rings (SSSR count). The highest BCUT2D eigenvalue weighted by Crippen LogP contribution is 2.27. The highest BCUT2D eigenvalue weighted by atomic mass is 79.9. The van der Waals surface area contributed by atoms with Crippen LogP contribution in [0.5, 0.6) is 11.5 Å². The van der Waals surface area contributed by atoms with Crippen molar-refractivity contribution in [2.75, 3.05) is 13.2 Å².